The van der Waals surface area contributed by atoms with Crippen molar-refractivity contribution in [3.63, 3.8) is 0 Å². The van der Waals surface area contributed by atoms with Crippen molar-refractivity contribution in [2.75, 3.05) is 30.6 Å². The number of aromatic nitrogens is 2. The fourth-order valence-corrected chi connectivity index (χ4v) is 4.29. The highest BCUT2D eigenvalue weighted by atomic mass is 32.2. The minimum atomic E-state index is -3.87. The number of sulfonamides is 1. The third-order valence-corrected chi connectivity index (χ3v) is 6.29. The van der Waals surface area contributed by atoms with E-state index >= 15 is 0 Å². The zero-order chi connectivity index (χ0) is 23.5. The van der Waals surface area contributed by atoms with Crippen LogP contribution in [0.4, 0.5) is 19.3 Å². The van der Waals surface area contributed by atoms with Gasteiger partial charge in [0.25, 0.3) is 5.91 Å². The van der Waals surface area contributed by atoms with Crippen LogP contribution in [-0.2, 0) is 10.0 Å². The molecule has 3 rings (SSSR count). The van der Waals surface area contributed by atoms with E-state index in [0.717, 1.165) is 41.9 Å². The lowest BCUT2D eigenvalue weighted by atomic mass is 10.1. The number of hydrogen-bond donors (Lipinski definition) is 2. The average Bonchev–Trinajstić information content (AvgIpc) is 3.21. The van der Waals surface area contributed by atoms with Gasteiger partial charge in [0, 0.05) is 19.3 Å². The van der Waals surface area contributed by atoms with E-state index in [9.17, 15) is 26.8 Å². The van der Waals surface area contributed by atoms with Crippen molar-refractivity contribution in [1.82, 2.24) is 20.0 Å². The molecule has 32 heavy (non-hydrogen) atoms. The first-order chi connectivity index (χ1) is 15.1. The van der Waals surface area contributed by atoms with Crippen LogP contribution in [0.1, 0.15) is 35.8 Å². The van der Waals surface area contributed by atoms with E-state index in [0.29, 0.717) is 5.69 Å². The molecule has 9 nitrogen and oxygen atoms in total. The van der Waals surface area contributed by atoms with E-state index < -0.39 is 44.8 Å². The first kappa shape index (κ1) is 23.5. The summed E-state index contributed by atoms with van der Waals surface area (Å²) in [5.41, 5.74) is -0.163. The number of hydrogen-bond acceptors (Lipinski definition) is 6. The van der Waals surface area contributed by atoms with Gasteiger partial charge in [-0.15, -0.1) is 0 Å². The van der Waals surface area contributed by atoms with E-state index in [1.807, 2.05) is 23.2 Å². The Hall–Kier alpha value is -3.12. The summed E-state index contributed by atoms with van der Waals surface area (Å²) in [6.45, 7) is 3.19. The van der Waals surface area contributed by atoms with Crippen molar-refractivity contribution in [1.29, 1.82) is 0 Å². The molecule has 2 heterocycles. The van der Waals surface area contributed by atoms with Crippen molar-refractivity contribution in [3.05, 3.63) is 53.4 Å². The number of nitrogens with one attached hydrogen (secondary N) is 2. The third kappa shape index (κ3) is 5.37. The highest BCUT2D eigenvalue weighted by Crippen LogP contribution is 2.23. The molecule has 0 bridgehead atoms. The van der Waals surface area contributed by atoms with Crippen LogP contribution in [0.25, 0.3) is 5.57 Å². The normalized spacial score (nSPS) is 14.7. The molecule has 1 aromatic heterocycles. The molecule has 2 N–H and O–H groups in total. The zero-order valence-electron chi connectivity index (χ0n) is 17.6. The van der Waals surface area contributed by atoms with Crippen molar-refractivity contribution in [3.8, 4) is 0 Å². The van der Waals surface area contributed by atoms with E-state index in [-0.39, 0.29) is 12.2 Å². The largest absolute Gasteiger partial charge is 0.348 e. The monoisotopic (exact) mass is 467 g/mol. The summed E-state index contributed by atoms with van der Waals surface area (Å²) < 4.78 is 55.5. The van der Waals surface area contributed by atoms with Gasteiger partial charge in [0.1, 0.15) is 11.4 Å². The molecule has 1 aliphatic rings. The number of carbonyl (C=O) groups excluding carboxylic acids is 2. The van der Waals surface area contributed by atoms with Gasteiger partial charge in [-0.1, -0.05) is 13.0 Å². The highest BCUT2D eigenvalue weighted by Gasteiger charge is 2.25. The Balaban J connectivity index is 1.77. The number of benzene rings is 1. The lowest BCUT2D eigenvalue weighted by molar-refractivity contribution is 0.0955. The second kappa shape index (κ2) is 9.57. The number of rotatable bonds is 6. The van der Waals surface area contributed by atoms with Gasteiger partial charge in [0.15, 0.2) is 5.82 Å². The maximum atomic E-state index is 14.7. The minimum Gasteiger partial charge on any atom is -0.302 e. The van der Waals surface area contributed by atoms with E-state index in [4.69, 9.17) is 0 Å². The molecule has 172 valence electrons. The topological polar surface area (TPSA) is 113 Å². The second-order valence-corrected chi connectivity index (χ2v) is 9.19. The maximum Gasteiger partial charge on any atom is 0.348 e. The molecular formula is C20H23F2N5O4S. The molecular weight excluding hydrogens is 444 g/mol. The molecule has 0 unspecified atom stereocenters. The van der Waals surface area contributed by atoms with E-state index in [2.05, 4.69) is 10.00 Å². The molecule has 1 aliphatic heterocycles. The number of halogens is 2. The third-order valence-electron chi connectivity index (χ3n) is 4.82. The van der Waals surface area contributed by atoms with Crippen LogP contribution in [0.2, 0.25) is 0 Å². The fraction of sp³-hybridized carbons (Fsp3) is 0.350. The SMILES string of the molecule is CCCS(=O)(=O)Nc1ccc(F)c(C(=O)NC(=O)n2ccc(C3=CCN(C)CC3)n2)c1F. The van der Waals surface area contributed by atoms with Crippen LogP contribution in [-0.4, -0.2) is 60.9 Å². The molecule has 0 radical (unpaired) electrons. The van der Waals surface area contributed by atoms with Crippen molar-refractivity contribution < 1.29 is 26.8 Å². The highest BCUT2D eigenvalue weighted by molar-refractivity contribution is 7.92. The summed E-state index contributed by atoms with van der Waals surface area (Å²) in [7, 11) is -1.89. The molecule has 2 amide bonds. The second-order valence-electron chi connectivity index (χ2n) is 7.35. The van der Waals surface area contributed by atoms with Crippen LogP contribution in [0.3, 0.4) is 0 Å². The zero-order valence-corrected chi connectivity index (χ0v) is 18.4. The van der Waals surface area contributed by atoms with Crippen LogP contribution in [0.5, 0.6) is 0 Å². The van der Waals surface area contributed by atoms with E-state index in [1.54, 1.807) is 13.0 Å². The van der Waals surface area contributed by atoms with Gasteiger partial charge in [-0.2, -0.15) is 9.78 Å². The summed E-state index contributed by atoms with van der Waals surface area (Å²) in [5, 5.41) is 5.99. The van der Waals surface area contributed by atoms with Gasteiger partial charge < -0.3 is 4.90 Å². The number of anilines is 1. The van der Waals surface area contributed by atoms with Gasteiger partial charge in [-0.25, -0.2) is 22.0 Å². The van der Waals surface area contributed by atoms with Crippen molar-refractivity contribution >= 4 is 33.2 Å². The molecule has 0 aliphatic carbocycles. The van der Waals surface area contributed by atoms with Gasteiger partial charge in [-0.05, 0) is 43.7 Å². The lowest BCUT2D eigenvalue weighted by Crippen LogP contribution is -2.35. The smallest absolute Gasteiger partial charge is 0.302 e. The maximum absolute atomic E-state index is 14.7. The Morgan fingerprint density at radius 3 is 2.62 bits per heavy atom. The molecule has 1 aromatic carbocycles. The summed E-state index contributed by atoms with van der Waals surface area (Å²) in [6.07, 6.45) is 4.33. The van der Waals surface area contributed by atoms with Crippen LogP contribution in [0, 0.1) is 11.6 Å². The summed E-state index contributed by atoms with van der Waals surface area (Å²) in [5.74, 6) is -4.31. The lowest BCUT2D eigenvalue weighted by Gasteiger charge is -2.20. The first-order valence-electron chi connectivity index (χ1n) is 9.89. The standard InChI is InChI=1S/C20H23F2N5O4S/c1-3-12-32(30,31)25-16-5-4-14(21)17(18(16)22)19(28)23-20(29)27-11-8-15(24-27)13-6-9-26(2)10-7-13/h4-6,8,11,25H,3,7,9-10,12H2,1-2H3,(H,23,28,29). The van der Waals surface area contributed by atoms with Gasteiger partial charge in [-0.3, -0.25) is 14.8 Å². The number of likely N-dealkylation sites (N-methyl/N-ethyl adjacent to an activating group) is 1. The van der Waals surface area contributed by atoms with Crippen LogP contribution >= 0.6 is 0 Å². The summed E-state index contributed by atoms with van der Waals surface area (Å²) >= 11 is 0. The molecule has 0 saturated carbocycles. The number of imide groups is 1. The van der Waals surface area contributed by atoms with Crippen molar-refractivity contribution in [2.45, 2.75) is 19.8 Å². The average molecular weight is 467 g/mol. The van der Waals surface area contributed by atoms with E-state index in [1.165, 1.54) is 6.20 Å². The predicted octanol–water partition coefficient (Wildman–Crippen LogP) is 2.43. The fourth-order valence-electron chi connectivity index (χ4n) is 3.16. The molecule has 0 atom stereocenters. The Bertz CT molecular complexity index is 1180. The Kier molecular flexibility index (Phi) is 7.04. The first-order valence-corrected chi connectivity index (χ1v) is 11.5. The summed E-state index contributed by atoms with van der Waals surface area (Å²) in [6, 6.07) is 2.20. The van der Waals surface area contributed by atoms with Crippen molar-refractivity contribution in [2.24, 2.45) is 0 Å². The van der Waals surface area contributed by atoms with Gasteiger partial charge in [0.2, 0.25) is 10.0 Å². The number of amides is 2. The van der Waals surface area contributed by atoms with Gasteiger partial charge in [0.05, 0.1) is 17.1 Å². The van der Waals surface area contributed by atoms with Crippen LogP contribution in [0.15, 0.2) is 30.5 Å². The molecule has 0 spiro atoms. The van der Waals surface area contributed by atoms with Crippen LogP contribution < -0.4 is 10.0 Å². The Morgan fingerprint density at radius 2 is 1.97 bits per heavy atom. The predicted molar refractivity (Wildman–Crippen MR) is 115 cm³/mol. The molecule has 0 saturated heterocycles. The van der Waals surface area contributed by atoms with Gasteiger partial charge >= 0.3 is 6.03 Å². The number of nitrogens with zero attached hydrogens (tertiary/aromatic N) is 3. The molecule has 0 fully saturated rings. The molecule has 12 heteroatoms. The Morgan fingerprint density at radius 1 is 1.22 bits per heavy atom. The quantitative estimate of drug-likeness (QED) is 0.675. The summed E-state index contributed by atoms with van der Waals surface area (Å²) in [4.78, 5) is 26.9. The minimum absolute atomic E-state index is 0.277. The Labute approximate surface area is 184 Å². The molecule has 2 aromatic rings. The number of carbonyl (C=O) groups is 2.